The molecule has 2 fully saturated rings. The third-order valence-electron chi connectivity index (χ3n) is 4.94. The fourth-order valence-electron chi connectivity index (χ4n) is 3.84. The molecule has 2 aromatic heterocycles. The number of hydrogen-bond acceptors (Lipinski definition) is 5. The summed E-state index contributed by atoms with van der Waals surface area (Å²) >= 11 is 1.71. The molecule has 7 heteroatoms. The highest BCUT2D eigenvalue weighted by Gasteiger charge is 2.42. The summed E-state index contributed by atoms with van der Waals surface area (Å²) < 4.78 is 1.66. The molecule has 4 rings (SSSR count). The first-order valence-electron chi connectivity index (χ1n) is 8.01. The molecule has 23 heavy (non-hydrogen) atoms. The van der Waals surface area contributed by atoms with E-state index in [0.717, 1.165) is 37.7 Å². The van der Waals surface area contributed by atoms with E-state index in [2.05, 4.69) is 27.3 Å². The lowest BCUT2D eigenvalue weighted by Gasteiger charge is -2.21. The molecule has 0 saturated carbocycles. The van der Waals surface area contributed by atoms with Crippen molar-refractivity contribution in [1.82, 2.24) is 24.6 Å². The highest BCUT2D eigenvalue weighted by molar-refractivity contribution is 7.09. The summed E-state index contributed by atoms with van der Waals surface area (Å²) in [5.74, 6) is 1.29. The molecule has 0 unspecified atom stereocenters. The number of hydrogen-bond donors (Lipinski definition) is 0. The van der Waals surface area contributed by atoms with Gasteiger partial charge < -0.3 is 4.90 Å². The molecule has 6 nitrogen and oxygen atoms in total. The topological polar surface area (TPSA) is 54.3 Å². The minimum absolute atomic E-state index is 0.112. The Hall–Kier alpha value is -1.73. The zero-order valence-corrected chi connectivity index (χ0v) is 14.3. The molecule has 2 saturated heterocycles. The first-order chi connectivity index (χ1) is 11.1. The fourth-order valence-corrected chi connectivity index (χ4v) is 4.44. The van der Waals surface area contributed by atoms with Crippen molar-refractivity contribution in [3.05, 3.63) is 34.0 Å². The van der Waals surface area contributed by atoms with E-state index in [1.807, 2.05) is 11.9 Å². The smallest absolute Gasteiger partial charge is 0.272 e. The van der Waals surface area contributed by atoms with E-state index in [9.17, 15) is 4.79 Å². The lowest BCUT2D eigenvalue weighted by Crippen LogP contribution is -2.34. The molecule has 2 aliphatic heterocycles. The van der Waals surface area contributed by atoms with Crippen LogP contribution in [0.2, 0.25) is 0 Å². The van der Waals surface area contributed by atoms with Gasteiger partial charge in [-0.05, 0) is 24.8 Å². The Morgan fingerprint density at radius 2 is 2.04 bits per heavy atom. The third-order valence-corrected chi connectivity index (χ3v) is 5.76. The summed E-state index contributed by atoms with van der Waals surface area (Å²) in [6, 6.07) is 1.80. The predicted octanol–water partition coefficient (Wildman–Crippen LogP) is 1.39. The van der Waals surface area contributed by atoms with Gasteiger partial charge in [-0.1, -0.05) is 0 Å². The summed E-state index contributed by atoms with van der Waals surface area (Å²) in [7, 11) is 1.82. The Kier molecular flexibility index (Phi) is 3.69. The molecule has 2 atom stereocenters. The van der Waals surface area contributed by atoms with Crippen molar-refractivity contribution in [1.29, 1.82) is 0 Å². The van der Waals surface area contributed by atoms with E-state index in [1.54, 1.807) is 28.3 Å². The van der Waals surface area contributed by atoms with Crippen LogP contribution in [-0.4, -0.2) is 56.7 Å². The molecule has 2 aromatic rings. The van der Waals surface area contributed by atoms with Gasteiger partial charge in [-0.15, -0.1) is 11.3 Å². The number of fused-ring (bicyclic) bond motifs is 1. The predicted molar refractivity (Wildman–Crippen MR) is 88.2 cm³/mol. The van der Waals surface area contributed by atoms with Crippen molar-refractivity contribution in [2.45, 2.75) is 13.5 Å². The zero-order valence-electron chi connectivity index (χ0n) is 13.5. The average Bonchev–Trinajstić information content (AvgIpc) is 3.23. The first kappa shape index (κ1) is 14.8. The van der Waals surface area contributed by atoms with Crippen LogP contribution in [0.4, 0.5) is 0 Å². The fraction of sp³-hybridized carbons (Fsp3) is 0.562. The number of carbonyl (C=O) groups is 1. The number of aryl methyl sites for hydroxylation is 2. The van der Waals surface area contributed by atoms with Crippen molar-refractivity contribution >= 4 is 17.2 Å². The average molecular weight is 331 g/mol. The van der Waals surface area contributed by atoms with E-state index >= 15 is 0 Å². The Bertz CT molecular complexity index is 710. The Morgan fingerprint density at radius 1 is 1.30 bits per heavy atom. The number of amides is 1. The molecular formula is C16H21N5OS. The first-order valence-corrected chi connectivity index (χ1v) is 8.89. The van der Waals surface area contributed by atoms with Crippen LogP contribution in [0.1, 0.15) is 21.2 Å². The second-order valence-electron chi connectivity index (χ2n) is 6.62. The summed E-state index contributed by atoms with van der Waals surface area (Å²) in [6.45, 7) is 6.84. The van der Waals surface area contributed by atoms with Gasteiger partial charge in [0.25, 0.3) is 5.91 Å². The molecule has 0 radical (unpaired) electrons. The largest absolute Gasteiger partial charge is 0.337 e. The molecule has 0 N–H and O–H groups in total. The van der Waals surface area contributed by atoms with Crippen LogP contribution >= 0.6 is 11.3 Å². The molecule has 0 bridgehead atoms. The van der Waals surface area contributed by atoms with E-state index in [0.29, 0.717) is 17.5 Å². The number of thiazole rings is 1. The Labute approximate surface area is 139 Å². The maximum absolute atomic E-state index is 12.6. The summed E-state index contributed by atoms with van der Waals surface area (Å²) in [6.07, 6.45) is 1.68. The van der Waals surface area contributed by atoms with Gasteiger partial charge in [-0.2, -0.15) is 5.10 Å². The quantitative estimate of drug-likeness (QED) is 0.853. The van der Waals surface area contributed by atoms with Gasteiger partial charge in [0.2, 0.25) is 0 Å². The summed E-state index contributed by atoms with van der Waals surface area (Å²) in [4.78, 5) is 21.6. The molecule has 1 amide bonds. The van der Waals surface area contributed by atoms with Crippen molar-refractivity contribution in [3.8, 4) is 0 Å². The van der Waals surface area contributed by atoms with Gasteiger partial charge in [0.15, 0.2) is 0 Å². The zero-order chi connectivity index (χ0) is 16.0. The standard InChI is InChI=1S/C16H21N5OS/c1-11-18-14(10-23-11)9-20-5-12-7-21(8-13(12)6-20)16(22)15-3-4-17-19(15)2/h3-4,10,12-13H,5-9H2,1-2H3/t12-,13-/m1/s1. The maximum Gasteiger partial charge on any atom is 0.272 e. The van der Waals surface area contributed by atoms with Crippen LogP contribution in [0.5, 0.6) is 0 Å². The molecule has 0 aromatic carbocycles. The number of carbonyl (C=O) groups excluding carboxylic acids is 1. The molecule has 0 aliphatic carbocycles. The van der Waals surface area contributed by atoms with Crippen LogP contribution in [0.15, 0.2) is 17.6 Å². The highest BCUT2D eigenvalue weighted by atomic mass is 32.1. The molecule has 2 aliphatic rings. The molecule has 0 spiro atoms. The molecule has 4 heterocycles. The number of aromatic nitrogens is 3. The highest BCUT2D eigenvalue weighted by Crippen LogP contribution is 2.32. The Balaban J connectivity index is 1.36. The monoisotopic (exact) mass is 331 g/mol. The van der Waals surface area contributed by atoms with Gasteiger partial charge in [0, 0.05) is 51.3 Å². The maximum atomic E-state index is 12.6. The van der Waals surface area contributed by atoms with Gasteiger partial charge >= 0.3 is 0 Å². The van der Waals surface area contributed by atoms with Crippen LogP contribution in [0.25, 0.3) is 0 Å². The lowest BCUT2D eigenvalue weighted by atomic mass is 10.0. The van der Waals surface area contributed by atoms with Gasteiger partial charge in [0.05, 0.1) is 10.7 Å². The number of likely N-dealkylation sites (tertiary alicyclic amines) is 2. The van der Waals surface area contributed by atoms with E-state index in [-0.39, 0.29) is 5.91 Å². The molecule has 122 valence electrons. The lowest BCUT2D eigenvalue weighted by molar-refractivity contribution is 0.0762. The van der Waals surface area contributed by atoms with Crippen molar-refractivity contribution in [2.75, 3.05) is 26.2 Å². The van der Waals surface area contributed by atoms with Gasteiger partial charge in [-0.25, -0.2) is 4.98 Å². The second kappa shape index (κ2) is 5.72. The Morgan fingerprint density at radius 3 is 2.61 bits per heavy atom. The van der Waals surface area contributed by atoms with E-state index < -0.39 is 0 Å². The number of rotatable bonds is 3. The minimum Gasteiger partial charge on any atom is -0.337 e. The molecular weight excluding hydrogens is 310 g/mol. The van der Waals surface area contributed by atoms with Gasteiger partial charge in [-0.3, -0.25) is 14.4 Å². The normalized spacial score (nSPS) is 24.3. The second-order valence-corrected chi connectivity index (χ2v) is 7.68. The van der Waals surface area contributed by atoms with Crippen LogP contribution in [-0.2, 0) is 13.6 Å². The summed E-state index contributed by atoms with van der Waals surface area (Å²) in [5, 5.41) is 7.38. The van der Waals surface area contributed by atoms with Crippen LogP contribution in [0, 0.1) is 18.8 Å². The van der Waals surface area contributed by atoms with Crippen molar-refractivity contribution in [3.63, 3.8) is 0 Å². The van der Waals surface area contributed by atoms with E-state index in [4.69, 9.17) is 0 Å². The minimum atomic E-state index is 0.112. The van der Waals surface area contributed by atoms with E-state index in [1.165, 1.54) is 5.69 Å². The number of nitrogens with zero attached hydrogens (tertiary/aromatic N) is 5. The SMILES string of the molecule is Cc1nc(CN2C[C@@H]3CN(C(=O)c4ccnn4C)C[C@H]3C2)cs1. The van der Waals surface area contributed by atoms with Crippen LogP contribution < -0.4 is 0 Å². The van der Waals surface area contributed by atoms with Crippen molar-refractivity contribution in [2.24, 2.45) is 18.9 Å². The summed E-state index contributed by atoms with van der Waals surface area (Å²) in [5.41, 5.74) is 1.86. The van der Waals surface area contributed by atoms with Crippen molar-refractivity contribution < 1.29 is 4.79 Å². The van der Waals surface area contributed by atoms with Gasteiger partial charge in [0.1, 0.15) is 5.69 Å². The third kappa shape index (κ3) is 2.79. The van der Waals surface area contributed by atoms with Crippen LogP contribution in [0.3, 0.4) is 0 Å².